The van der Waals surface area contributed by atoms with Crippen molar-refractivity contribution >= 4 is 0 Å². The maximum Gasteiger partial charge on any atom is 0.133 e. The molecule has 0 spiro atoms. The normalized spacial score (nSPS) is 18.9. The molecule has 1 rings (SSSR count). The van der Waals surface area contributed by atoms with Gasteiger partial charge in [-0.15, -0.1) is 0 Å². The molecule has 5 heteroatoms. The molecule has 1 fully saturated rings. The molecule has 0 saturated carbocycles. The molecule has 0 amide bonds. The molecular weight excluding hydrogens is 240 g/mol. The van der Waals surface area contributed by atoms with E-state index in [-0.39, 0.29) is 11.8 Å². The van der Waals surface area contributed by atoms with Crippen molar-refractivity contribution in [1.29, 1.82) is 15.8 Å². The highest BCUT2D eigenvalue weighted by Gasteiger charge is 2.26. The Kier molecular flexibility index (Phi) is 5.12. The molecule has 1 aliphatic heterocycles. The van der Waals surface area contributed by atoms with Crippen molar-refractivity contribution in [2.24, 2.45) is 0 Å². The minimum absolute atomic E-state index is 0.0240. The maximum atomic E-state index is 9.30. The molecule has 5 nitrogen and oxygen atoms in total. The summed E-state index contributed by atoms with van der Waals surface area (Å²) in [7, 11) is 1.64. The lowest BCUT2D eigenvalue weighted by molar-refractivity contribution is 0.0151. The average Bonchev–Trinajstić information content (AvgIpc) is 2.89. The number of nitrogens with zero attached hydrogens (tertiary/aromatic N) is 4. The van der Waals surface area contributed by atoms with Gasteiger partial charge in [-0.2, -0.15) is 15.8 Å². The van der Waals surface area contributed by atoms with E-state index in [0.29, 0.717) is 11.1 Å². The number of ether oxygens (including phenoxy) is 1. The van der Waals surface area contributed by atoms with Crippen LogP contribution in [0, 0.1) is 34.0 Å². The highest BCUT2D eigenvalue weighted by Crippen LogP contribution is 2.27. The smallest absolute Gasteiger partial charge is 0.133 e. The molecule has 0 N–H and O–H groups in total. The van der Waals surface area contributed by atoms with Crippen molar-refractivity contribution < 1.29 is 4.74 Å². The van der Waals surface area contributed by atoms with Gasteiger partial charge in [0, 0.05) is 19.4 Å². The summed E-state index contributed by atoms with van der Waals surface area (Å²) in [6.45, 7) is 4.27. The number of likely N-dealkylation sites (tertiary alicyclic amines) is 1. The molecule has 1 heterocycles. The van der Waals surface area contributed by atoms with E-state index in [4.69, 9.17) is 15.3 Å². The van der Waals surface area contributed by atoms with Gasteiger partial charge in [-0.3, -0.25) is 0 Å². The van der Waals surface area contributed by atoms with Gasteiger partial charge in [0.15, 0.2) is 0 Å². The van der Waals surface area contributed by atoms with Crippen LogP contribution in [0.5, 0.6) is 0 Å². The van der Waals surface area contributed by atoms with E-state index in [9.17, 15) is 5.26 Å². The summed E-state index contributed by atoms with van der Waals surface area (Å²) >= 11 is 0. The van der Waals surface area contributed by atoms with Crippen LogP contribution in [0.1, 0.15) is 26.7 Å². The van der Waals surface area contributed by atoms with Crippen LogP contribution in [-0.2, 0) is 4.74 Å². The summed E-state index contributed by atoms with van der Waals surface area (Å²) in [5, 5.41) is 27.1. The van der Waals surface area contributed by atoms with Crippen molar-refractivity contribution in [3.8, 4) is 18.2 Å². The molecule has 1 unspecified atom stereocenters. The topological polar surface area (TPSA) is 83.8 Å². The molecule has 0 aliphatic carbocycles. The largest absolute Gasteiger partial charge is 0.362 e. The number of hydrogen-bond donors (Lipinski definition) is 0. The lowest BCUT2D eigenvalue weighted by Gasteiger charge is -2.27. The van der Waals surface area contributed by atoms with Crippen LogP contribution in [-0.4, -0.2) is 24.8 Å². The Morgan fingerprint density at radius 3 is 2.26 bits per heavy atom. The lowest BCUT2D eigenvalue weighted by atomic mass is 10.0. The summed E-state index contributed by atoms with van der Waals surface area (Å²) in [5.41, 5.74) is 1.53. The molecule has 0 aromatic heterocycles. The summed E-state index contributed by atoms with van der Waals surface area (Å²) in [6.07, 6.45) is 1.88. The number of hydrogen-bond acceptors (Lipinski definition) is 5. The predicted octanol–water partition coefficient (Wildman–Crippen LogP) is 2.22. The summed E-state index contributed by atoms with van der Waals surface area (Å²) in [4.78, 5) is 2.01. The van der Waals surface area contributed by atoms with Gasteiger partial charge in [0.1, 0.15) is 30.0 Å². The average molecular weight is 256 g/mol. The van der Waals surface area contributed by atoms with Crippen LogP contribution < -0.4 is 0 Å². The zero-order valence-electron chi connectivity index (χ0n) is 11.4. The minimum Gasteiger partial charge on any atom is -0.362 e. The van der Waals surface area contributed by atoms with Crippen molar-refractivity contribution in [2.75, 3.05) is 13.7 Å². The van der Waals surface area contributed by atoms with E-state index in [1.165, 1.54) is 0 Å². The Balaban J connectivity index is 3.26. The summed E-state index contributed by atoms with van der Waals surface area (Å²) in [6, 6.07) is 5.74. The number of nitriles is 3. The van der Waals surface area contributed by atoms with Crippen LogP contribution in [0.25, 0.3) is 0 Å². The fourth-order valence-corrected chi connectivity index (χ4v) is 2.26. The maximum absolute atomic E-state index is 9.30. The van der Waals surface area contributed by atoms with E-state index in [2.05, 4.69) is 6.07 Å². The molecular formula is C14H16N4O. The Labute approximate surface area is 113 Å². The second kappa shape index (κ2) is 6.59. The van der Waals surface area contributed by atoms with E-state index >= 15 is 0 Å². The predicted molar refractivity (Wildman–Crippen MR) is 69.0 cm³/mol. The summed E-state index contributed by atoms with van der Waals surface area (Å²) < 4.78 is 5.37. The zero-order chi connectivity index (χ0) is 14.4. The SMILES string of the molecule is COC1CCCN1/C(C)=C(\C#N)C(C)=C(C#N)C#N. The van der Waals surface area contributed by atoms with Crippen molar-refractivity contribution in [2.45, 2.75) is 32.9 Å². The van der Waals surface area contributed by atoms with E-state index in [1.54, 1.807) is 14.0 Å². The first-order valence-electron chi connectivity index (χ1n) is 6.02. The molecule has 1 saturated heterocycles. The van der Waals surface area contributed by atoms with Crippen LogP contribution in [0.3, 0.4) is 0 Å². The van der Waals surface area contributed by atoms with Gasteiger partial charge in [0.2, 0.25) is 0 Å². The van der Waals surface area contributed by atoms with Gasteiger partial charge in [0.05, 0.1) is 5.57 Å². The second-order valence-corrected chi connectivity index (χ2v) is 4.32. The molecule has 19 heavy (non-hydrogen) atoms. The lowest BCUT2D eigenvalue weighted by Crippen LogP contribution is -2.30. The third-order valence-electron chi connectivity index (χ3n) is 3.35. The molecule has 0 aromatic rings. The standard InChI is InChI=1S/C14H16N4O/c1-10(12(7-15)8-16)13(9-17)11(2)18-6-4-5-14(18)19-3/h14H,4-6H2,1-3H3/b13-11+. The number of rotatable bonds is 3. The Morgan fingerprint density at radius 1 is 1.16 bits per heavy atom. The molecule has 0 aromatic carbocycles. The molecule has 1 aliphatic rings. The van der Waals surface area contributed by atoms with Gasteiger partial charge in [0.25, 0.3) is 0 Å². The van der Waals surface area contributed by atoms with Crippen LogP contribution in [0.2, 0.25) is 0 Å². The Hall–Kier alpha value is -2.29. The van der Waals surface area contributed by atoms with E-state index in [0.717, 1.165) is 25.1 Å². The van der Waals surface area contributed by atoms with Crippen molar-refractivity contribution in [1.82, 2.24) is 4.90 Å². The molecule has 0 bridgehead atoms. The second-order valence-electron chi connectivity index (χ2n) is 4.32. The molecule has 98 valence electrons. The van der Waals surface area contributed by atoms with E-state index < -0.39 is 0 Å². The fourth-order valence-electron chi connectivity index (χ4n) is 2.26. The van der Waals surface area contributed by atoms with Crippen molar-refractivity contribution in [3.05, 3.63) is 22.4 Å². The Bertz CT molecular complexity index is 523. The minimum atomic E-state index is -0.0382. The van der Waals surface area contributed by atoms with Crippen LogP contribution in [0.4, 0.5) is 0 Å². The van der Waals surface area contributed by atoms with Crippen LogP contribution >= 0.6 is 0 Å². The van der Waals surface area contributed by atoms with Gasteiger partial charge in [-0.25, -0.2) is 0 Å². The molecule has 0 radical (unpaired) electrons. The van der Waals surface area contributed by atoms with Gasteiger partial charge < -0.3 is 9.64 Å². The third kappa shape index (κ3) is 2.94. The first-order valence-corrected chi connectivity index (χ1v) is 6.02. The van der Waals surface area contributed by atoms with Gasteiger partial charge in [-0.05, 0) is 32.3 Å². The first kappa shape index (κ1) is 14.8. The number of methoxy groups -OCH3 is 1. The highest BCUT2D eigenvalue weighted by molar-refractivity contribution is 5.54. The van der Waals surface area contributed by atoms with Gasteiger partial charge in [-0.1, -0.05) is 0 Å². The van der Waals surface area contributed by atoms with Crippen LogP contribution in [0.15, 0.2) is 22.4 Å². The van der Waals surface area contributed by atoms with Crippen molar-refractivity contribution in [3.63, 3.8) is 0 Å². The monoisotopic (exact) mass is 256 g/mol. The fraction of sp³-hybridized carbons (Fsp3) is 0.500. The highest BCUT2D eigenvalue weighted by atomic mass is 16.5. The quantitative estimate of drug-likeness (QED) is 0.571. The number of allylic oxidation sites excluding steroid dienone is 4. The Morgan fingerprint density at radius 2 is 1.79 bits per heavy atom. The zero-order valence-corrected chi connectivity index (χ0v) is 11.4. The first-order chi connectivity index (χ1) is 9.10. The van der Waals surface area contributed by atoms with E-state index in [1.807, 2.05) is 24.0 Å². The third-order valence-corrected chi connectivity index (χ3v) is 3.35. The van der Waals surface area contributed by atoms with Gasteiger partial charge >= 0.3 is 0 Å². The molecule has 1 atom stereocenters. The summed E-state index contributed by atoms with van der Waals surface area (Å²) in [5.74, 6) is 0.